The highest BCUT2D eigenvalue weighted by Crippen LogP contribution is 2.36. The summed E-state index contributed by atoms with van der Waals surface area (Å²) in [4.78, 5) is 25.1. The van der Waals surface area contributed by atoms with Crippen molar-refractivity contribution >= 4 is 29.3 Å². The van der Waals surface area contributed by atoms with Crippen LogP contribution < -0.4 is 15.4 Å². The van der Waals surface area contributed by atoms with Gasteiger partial charge in [0.15, 0.2) is 0 Å². The molecule has 0 radical (unpaired) electrons. The molecule has 10 heteroatoms. The first-order valence-corrected chi connectivity index (χ1v) is 11.0. The Hall–Kier alpha value is -2.75. The summed E-state index contributed by atoms with van der Waals surface area (Å²) in [6.45, 7) is 3.52. The quantitative estimate of drug-likeness (QED) is 0.436. The van der Waals surface area contributed by atoms with Crippen molar-refractivity contribution in [3.05, 3.63) is 41.6 Å². The number of carbonyl (C=O) groups is 1. The van der Waals surface area contributed by atoms with Gasteiger partial charge in [-0.1, -0.05) is 0 Å². The Morgan fingerprint density at radius 1 is 1.30 bits per heavy atom. The molecule has 1 saturated heterocycles. The minimum absolute atomic E-state index is 0. The number of aryl methyl sites for hydroxylation is 1. The summed E-state index contributed by atoms with van der Waals surface area (Å²) < 4.78 is 19.9. The van der Waals surface area contributed by atoms with Gasteiger partial charge < -0.3 is 25.5 Å². The lowest BCUT2D eigenvalue weighted by Crippen LogP contribution is -2.52. The molecule has 33 heavy (non-hydrogen) atoms. The van der Waals surface area contributed by atoms with Gasteiger partial charge in [0.2, 0.25) is 0 Å². The van der Waals surface area contributed by atoms with Crippen molar-refractivity contribution in [2.45, 2.75) is 38.3 Å². The van der Waals surface area contributed by atoms with Crippen LogP contribution in [0.25, 0.3) is 22.3 Å². The lowest BCUT2D eigenvalue weighted by atomic mass is 10.0. The third kappa shape index (κ3) is 4.80. The van der Waals surface area contributed by atoms with Crippen molar-refractivity contribution in [2.75, 3.05) is 19.7 Å². The van der Waals surface area contributed by atoms with Gasteiger partial charge in [0.05, 0.1) is 29.8 Å². The van der Waals surface area contributed by atoms with Crippen molar-refractivity contribution in [3.8, 4) is 17.0 Å². The number of β-amino-alcohol motifs (C(OH)–C–C–N with tert-alkyl or cyclic N) is 1. The summed E-state index contributed by atoms with van der Waals surface area (Å²) in [7, 11) is 0. The molecule has 0 unspecified atom stereocenters. The number of halogens is 2. The summed E-state index contributed by atoms with van der Waals surface area (Å²) in [6, 6.07) is 4.05. The second kappa shape index (κ2) is 9.62. The van der Waals surface area contributed by atoms with Gasteiger partial charge in [0.1, 0.15) is 29.1 Å². The monoisotopic (exact) mass is 475 g/mol. The van der Waals surface area contributed by atoms with Crippen LogP contribution in [0.2, 0.25) is 0 Å². The molecule has 1 aliphatic heterocycles. The molecule has 2 aliphatic rings. The maximum atomic E-state index is 13.9. The number of rotatable bonds is 6. The second-order valence-electron chi connectivity index (χ2n) is 8.61. The predicted molar refractivity (Wildman–Crippen MR) is 124 cm³/mol. The van der Waals surface area contributed by atoms with E-state index in [-0.39, 0.29) is 30.2 Å². The van der Waals surface area contributed by atoms with E-state index >= 15 is 0 Å². The minimum Gasteiger partial charge on any atom is -0.492 e. The average molecular weight is 476 g/mol. The number of hydrogen-bond acceptors (Lipinski definition) is 6. The van der Waals surface area contributed by atoms with Gasteiger partial charge in [-0.25, -0.2) is 14.4 Å². The van der Waals surface area contributed by atoms with Crippen LogP contribution in [0.4, 0.5) is 4.39 Å². The van der Waals surface area contributed by atoms with E-state index in [1.807, 2.05) is 0 Å². The number of benzene rings is 1. The SMILES string of the molecule is Cc1[nH]c2c(-c3ccc(F)cc3OCC3CC3)ncnc2c1C(=O)N[C@H]1CCNC[C@H]1O.Cl. The molecule has 1 aromatic carbocycles. The number of aromatic nitrogens is 3. The van der Waals surface area contributed by atoms with E-state index in [0.717, 1.165) is 19.4 Å². The minimum atomic E-state index is -0.645. The Bertz CT molecular complexity index is 1170. The van der Waals surface area contributed by atoms with Gasteiger partial charge in [-0.3, -0.25) is 4.79 Å². The van der Waals surface area contributed by atoms with E-state index in [4.69, 9.17) is 4.74 Å². The Kier molecular flexibility index (Phi) is 6.83. The van der Waals surface area contributed by atoms with E-state index in [1.165, 1.54) is 18.5 Å². The molecule has 0 bridgehead atoms. The van der Waals surface area contributed by atoms with Gasteiger partial charge in [0.25, 0.3) is 5.91 Å². The normalized spacial score (nSPS) is 20.3. The average Bonchev–Trinajstić information content (AvgIpc) is 3.54. The molecule has 3 heterocycles. The molecule has 2 aromatic heterocycles. The maximum absolute atomic E-state index is 13.9. The molecule has 1 amide bonds. The van der Waals surface area contributed by atoms with Crippen molar-refractivity contribution in [1.29, 1.82) is 0 Å². The van der Waals surface area contributed by atoms with E-state index in [0.29, 0.717) is 64.8 Å². The number of amides is 1. The first-order chi connectivity index (χ1) is 15.5. The number of nitrogens with zero attached hydrogens (tertiary/aromatic N) is 2. The van der Waals surface area contributed by atoms with Crippen molar-refractivity contribution < 1.29 is 19.0 Å². The summed E-state index contributed by atoms with van der Waals surface area (Å²) in [5.74, 6) is 0.264. The smallest absolute Gasteiger partial charge is 0.255 e. The lowest BCUT2D eigenvalue weighted by molar-refractivity contribution is 0.0766. The van der Waals surface area contributed by atoms with Gasteiger partial charge >= 0.3 is 0 Å². The summed E-state index contributed by atoms with van der Waals surface area (Å²) in [6.07, 6.45) is 3.65. The first-order valence-electron chi connectivity index (χ1n) is 11.0. The zero-order valence-corrected chi connectivity index (χ0v) is 19.0. The fourth-order valence-corrected chi connectivity index (χ4v) is 4.16. The molecule has 2 atom stereocenters. The van der Waals surface area contributed by atoms with Crippen LogP contribution in [-0.4, -0.2) is 57.8 Å². The fraction of sp³-hybridized carbons (Fsp3) is 0.435. The summed E-state index contributed by atoms with van der Waals surface area (Å²) >= 11 is 0. The van der Waals surface area contributed by atoms with E-state index in [2.05, 4.69) is 25.6 Å². The number of aromatic amines is 1. The maximum Gasteiger partial charge on any atom is 0.255 e. The fourth-order valence-electron chi connectivity index (χ4n) is 4.16. The molecule has 176 valence electrons. The number of nitrogens with one attached hydrogen (secondary N) is 3. The number of fused-ring (bicyclic) bond motifs is 1. The van der Waals surface area contributed by atoms with E-state index < -0.39 is 6.10 Å². The van der Waals surface area contributed by atoms with Gasteiger partial charge in [-0.2, -0.15) is 0 Å². The van der Waals surface area contributed by atoms with Crippen LogP contribution in [-0.2, 0) is 0 Å². The Morgan fingerprint density at radius 2 is 2.12 bits per heavy atom. The highest BCUT2D eigenvalue weighted by Gasteiger charge is 2.28. The molecule has 1 saturated carbocycles. The number of ether oxygens (including phenoxy) is 1. The number of piperidine rings is 1. The van der Waals surface area contributed by atoms with Gasteiger partial charge in [0, 0.05) is 23.9 Å². The van der Waals surface area contributed by atoms with E-state index in [1.54, 1.807) is 13.0 Å². The van der Waals surface area contributed by atoms with E-state index in [9.17, 15) is 14.3 Å². The topological polar surface area (TPSA) is 112 Å². The van der Waals surface area contributed by atoms with Gasteiger partial charge in [-0.15, -0.1) is 12.4 Å². The van der Waals surface area contributed by atoms with Crippen molar-refractivity contribution in [1.82, 2.24) is 25.6 Å². The highest BCUT2D eigenvalue weighted by molar-refractivity contribution is 6.09. The van der Waals surface area contributed by atoms with Crippen LogP contribution in [0.15, 0.2) is 24.5 Å². The zero-order valence-electron chi connectivity index (χ0n) is 18.2. The Balaban J connectivity index is 0.00000259. The van der Waals surface area contributed by atoms with Crippen LogP contribution in [0.3, 0.4) is 0 Å². The number of carbonyl (C=O) groups excluding carboxylic acids is 1. The molecule has 2 fully saturated rings. The number of H-pyrrole nitrogens is 1. The summed E-state index contributed by atoms with van der Waals surface area (Å²) in [5, 5.41) is 16.2. The van der Waals surface area contributed by atoms with Crippen molar-refractivity contribution in [3.63, 3.8) is 0 Å². The Labute approximate surface area is 196 Å². The third-order valence-corrected chi connectivity index (χ3v) is 6.14. The molecule has 5 rings (SSSR count). The molecule has 3 aromatic rings. The number of aliphatic hydroxyl groups is 1. The Morgan fingerprint density at radius 3 is 2.88 bits per heavy atom. The van der Waals surface area contributed by atoms with Crippen LogP contribution >= 0.6 is 12.4 Å². The lowest BCUT2D eigenvalue weighted by Gasteiger charge is -2.29. The molecule has 4 N–H and O–H groups in total. The molecular weight excluding hydrogens is 449 g/mol. The largest absolute Gasteiger partial charge is 0.492 e. The van der Waals surface area contributed by atoms with Crippen molar-refractivity contribution in [2.24, 2.45) is 5.92 Å². The third-order valence-electron chi connectivity index (χ3n) is 6.14. The molecule has 8 nitrogen and oxygen atoms in total. The second-order valence-corrected chi connectivity index (χ2v) is 8.61. The van der Waals surface area contributed by atoms with Crippen LogP contribution in [0, 0.1) is 18.7 Å². The first kappa shape index (κ1) is 23.4. The number of hydrogen-bond donors (Lipinski definition) is 4. The molecular formula is C23H27ClFN5O3. The van der Waals surface area contributed by atoms with Gasteiger partial charge in [-0.05, 0) is 50.8 Å². The summed E-state index contributed by atoms with van der Waals surface area (Å²) in [5.41, 5.74) is 3.31. The number of aliphatic hydroxyl groups excluding tert-OH is 1. The van der Waals surface area contributed by atoms with Crippen LogP contribution in [0.5, 0.6) is 5.75 Å². The molecule has 0 spiro atoms. The molecule has 1 aliphatic carbocycles. The predicted octanol–water partition coefficient (Wildman–Crippen LogP) is 2.74. The standard InChI is InChI=1S/C23H26FN5O3.ClH/c1-12-19(23(31)29-16-6-7-25-9-17(16)30)21-22(28-12)20(26-11-27-21)15-5-4-14(24)8-18(15)32-10-13-2-3-13;/h4-5,8,11,13,16-17,25,28,30H,2-3,6-7,9-10H2,1H3,(H,29,31);1H/t16-,17+;/m0./s1. The zero-order chi connectivity index (χ0) is 22.2. The highest BCUT2D eigenvalue weighted by atomic mass is 35.5. The van der Waals surface area contributed by atoms with Crippen LogP contribution in [0.1, 0.15) is 35.3 Å².